The molecule has 0 aliphatic rings. The van der Waals surface area contributed by atoms with Crippen LogP contribution in [0.1, 0.15) is 10.4 Å². The molecule has 6 heteroatoms. The topological polar surface area (TPSA) is 70.2 Å². The summed E-state index contributed by atoms with van der Waals surface area (Å²) < 4.78 is 27.1. The molecule has 0 saturated heterocycles. The summed E-state index contributed by atoms with van der Waals surface area (Å²) in [5, 5.41) is 8.97. The maximum Gasteiger partial charge on any atom is 0.337 e. The minimum absolute atomic E-state index is 0.0411. The Morgan fingerprint density at radius 3 is 2.55 bits per heavy atom. The second kappa shape index (κ2) is 4.12. The van der Waals surface area contributed by atoms with Gasteiger partial charge in [0.1, 0.15) is 11.6 Å². The maximum atomic E-state index is 13.7. The molecular formula is C14H7F2NO3. The van der Waals surface area contributed by atoms with E-state index >= 15 is 0 Å². The zero-order valence-corrected chi connectivity index (χ0v) is 9.91. The molecule has 4 nitrogen and oxygen atoms in total. The molecule has 3 rings (SSSR count). The lowest BCUT2D eigenvalue weighted by molar-refractivity contribution is 0.0698. The predicted molar refractivity (Wildman–Crippen MR) is 69.0 cm³/mol. The number of hydrogen-bond acceptors (Lipinski definition) is 2. The zero-order chi connectivity index (χ0) is 14.4. The second-order valence-electron chi connectivity index (χ2n) is 4.30. The SMILES string of the molecule is O=C(O)c1cc(F)cc2c(=O)c3cccc(F)c3[nH]c12. The van der Waals surface area contributed by atoms with E-state index in [0.717, 1.165) is 18.2 Å². The molecular weight excluding hydrogens is 268 g/mol. The number of para-hydroxylation sites is 1. The van der Waals surface area contributed by atoms with Gasteiger partial charge in [-0.2, -0.15) is 0 Å². The number of pyridine rings is 1. The first-order valence-corrected chi connectivity index (χ1v) is 5.66. The fourth-order valence-electron chi connectivity index (χ4n) is 2.20. The number of carbonyl (C=O) groups is 1. The highest BCUT2D eigenvalue weighted by Crippen LogP contribution is 2.21. The van der Waals surface area contributed by atoms with Crippen molar-refractivity contribution in [3.8, 4) is 0 Å². The van der Waals surface area contributed by atoms with Crippen molar-refractivity contribution < 1.29 is 18.7 Å². The quantitative estimate of drug-likeness (QED) is 0.671. The van der Waals surface area contributed by atoms with E-state index in [4.69, 9.17) is 5.11 Å². The number of fused-ring (bicyclic) bond motifs is 2. The molecule has 0 spiro atoms. The van der Waals surface area contributed by atoms with E-state index in [1.54, 1.807) is 0 Å². The van der Waals surface area contributed by atoms with Crippen LogP contribution in [-0.4, -0.2) is 16.1 Å². The van der Waals surface area contributed by atoms with Gasteiger partial charge in [-0.25, -0.2) is 13.6 Å². The Morgan fingerprint density at radius 2 is 1.85 bits per heavy atom. The summed E-state index contributed by atoms with van der Waals surface area (Å²) >= 11 is 0. The van der Waals surface area contributed by atoms with Crippen molar-refractivity contribution in [2.24, 2.45) is 0 Å². The number of halogens is 2. The summed E-state index contributed by atoms with van der Waals surface area (Å²) in [5.74, 6) is -2.92. The number of aromatic amines is 1. The molecule has 1 heterocycles. The lowest BCUT2D eigenvalue weighted by Gasteiger charge is -2.06. The third kappa shape index (κ3) is 1.65. The summed E-state index contributed by atoms with van der Waals surface area (Å²) in [4.78, 5) is 25.9. The van der Waals surface area contributed by atoms with Crippen LogP contribution in [0.3, 0.4) is 0 Å². The van der Waals surface area contributed by atoms with Crippen molar-refractivity contribution in [2.45, 2.75) is 0 Å². The van der Waals surface area contributed by atoms with Gasteiger partial charge in [-0.3, -0.25) is 4.79 Å². The van der Waals surface area contributed by atoms with E-state index in [9.17, 15) is 18.4 Å². The standard InChI is InChI=1S/C14H7F2NO3/c15-6-4-8-11(9(5-6)14(19)20)17-12-7(13(8)18)2-1-3-10(12)16/h1-5H,(H,17,18)(H,19,20). The normalized spacial score (nSPS) is 11.1. The molecule has 0 saturated carbocycles. The van der Waals surface area contributed by atoms with Gasteiger partial charge < -0.3 is 10.1 Å². The van der Waals surface area contributed by atoms with Crippen molar-refractivity contribution in [1.82, 2.24) is 4.98 Å². The van der Waals surface area contributed by atoms with E-state index in [0.29, 0.717) is 0 Å². The third-order valence-corrected chi connectivity index (χ3v) is 3.09. The molecule has 2 N–H and O–H groups in total. The first-order valence-electron chi connectivity index (χ1n) is 5.66. The molecule has 0 unspecified atom stereocenters. The van der Waals surface area contributed by atoms with Crippen LogP contribution >= 0.6 is 0 Å². The molecule has 2 aromatic carbocycles. The molecule has 0 fully saturated rings. The van der Waals surface area contributed by atoms with Crippen molar-refractivity contribution in [1.29, 1.82) is 0 Å². The van der Waals surface area contributed by atoms with Crippen LogP contribution in [0.5, 0.6) is 0 Å². The summed E-state index contributed by atoms with van der Waals surface area (Å²) in [6.07, 6.45) is 0. The Kier molecular flexibility index (Phi) is 2.53. The molecule has 20 heavy (non-hydrogen) atoms. The molecule has 100 valence electrons. The highest BCUT2D eigenvalue weighted by atomic mass is 19.1. The summed E-state index contributed by atoms with van der Waals surface area (Å²) in [7, 11) is 0. The smallest absolute Gasteiger partial charge is 0.337 e. The van der Waals surface area contributed by atoms with E-state index in [2.05, 4.69) is 4.98 Å². The molecule has 0 bridgehead atoms. The van der Waals surface area contributed by atoms with Gasteiger partial charge in [0.25, 0.3) is 0 Å². The van der Waals surface area contributed by atoms with Gasteiger partial charge in [0, 0.05) is 10.8 Å². The van der Waals surface area contributed by atoms with Gasteiger partial charge in [-0.05, 0) is 24.3 Å². The number of aromatic carboxylic acids is 1. The number of carboxylic acids is 1. The third-order valence-electron chi connectivity index (χ3n) is 3.09. The summed E-state index contributed by atoms with van der Waals surface area (Å²) in [5.41, 5.74) is -1.22. The molecule has 0 aliphatic carbocycles. The Hall–Kier alpha value is -2.76. The molecule has 3 aromatic rings. The van der Waals surface area contributed by atoms with E-state index in [1.165, 1.54) is 12.1 Å². The summed E-state index contributed by atoms with van der Waals surface area (Å²) in [6, 6.07) is 5.62. The molecule has 1 aromatic heterocycles. The number of rotatable bonds is 1. The highest BCUT2D eigenvalue weighted by Gasteiger charge is 2.16. The van der Waals surface area contributed by atoms with Crippen molar-refractivity contribution in [3.63, 3.8) is 0 Å². The van der Waals surface area contributed by atoms with Crippen LogP contribution < -0.4 is 5.43 Å². The average Bonchev–Trinajstić information content (AvgIpc) is 2.40. The number of benzene rings is 2. The lowest BCUT2D eigenvalue weighted by atomic mass is 10.1. The van der Waals surface area contributed by atoms with E-state index in [-0.39, 0.29) is 21.8 Å². The Balaban J connectivity index is 2.64. The predicted octanol–water partition coefficient (Wildman–Crippen LogP) is 2.66. The summed E-state index contributed by atoms with van der Waals surface area (Å²) in [6.45, 7) is 0. The Morgan fingerprint density at radius 1 is 1.10 bits per heavy atom. The fourth-order valence-corrected chi connectivity index (χ4v) is 2.20. The molecule has 0 aliphatic heterocycles. The Bertz CT molecular complexity index is 931. The number of H-pyrrole nitrogens is 1. The number of carboxylic acid groups (broad SMARTS) is 1. The lowest BCUT2D eigenvalue weighted by Crippen LogP contribution is -2.09. The van der Waals surface area contributed by atoms with Crippen molar-refractivity contribution >= 4 is 27.8 Å². The van der Waals surface area contributed by atoms with Crippen LogP contribution in [0.2, 0.25) is 0 Å². The van der Waals surface area contributed by atoms with Gasteiger partial charge >= 0.3 is 5.97 Å². The van der Waals surface area contributed by atoms with Crippen molar-refractivity contribution in [3.05, 3.63) is 57.8 Å². The van der Waals surface area contributed by atoms with Gasteiger partial charge in [-0.1, -0.05) is 6.07 Å². The largest absolute Gasteiger partial charge is 0.478 e. The monoisotopic (exact) mass is 275 g/mol. The van der Waals surface area contributed by atoms with Crippen LogP contribution in [0, 0.1) is 11.6 Å². The average molecular weight is 275 g/mol. The number of hydrogen-bond donors (Lipinski definition) is 2. The zero-order valence-electron chi connectivity index (χ0n) is 9.91. The van der Waals surface area contributed by atoms with Gasteiger partial charge in [0.05, 0.1) is 16.6 Å². The van der Waals surface area contributed by atoms with Gasteiger partial charge in [-0.15, -0.1) is 0 Å². The number of nitrogens with one attached hydrogen (secondary N) is 1. The number of aromatic nitrogens is 1. The van der Waals surface area contributed by atoms with Crippen molar-refractivity contribution in [2.75, 3.05) is 0 Å². The van der Waals surface area contributed by atoms with Crippen LogP contribution in [0.25, 0.3) is 21.8 Å². The first kappa shape index (κ1) is 12.3. The van der Waals surface area contributed by atoms with E-state index < -0.39 is 28.6 Å². The van der Waals surface area contributed by atoms with Gasteiger partial charge in [0.15, 0.2) is 5.43 Å². The molecule has 0 radical (unpaired) electrons. The van der Waals surface area contributed by atoms with Crippen LogP contribution in [0.4, 0.5) is 8.78 Å². The first-order chi connectivity index (χ1) is 9.49. The molecule has 0 atom stereocenters. The van der Waals surface area contributed by atoms with Crippen LogP contribution in [-0.2, 0) is 0 Å². The maximum absolute atomic E-state index is 13.7. The minimum Gasteiger partial charge on any atom is -0.478 e. The molecule has 0 amide bonds. The Labute approximate surface area is 110 Å². The second-order valence-corrected chi connectivity index (χ2v) is 4.30. The van der Waals surface area contributed by atoms with E-state index in [1.807, 2.05) is 0 Å². The highest BCUT2D eigenvalue weighted by molar-refractivity contribution is 6.04. The van der Waals surface area contributed by atoms with Crippen LogP contribution in [0.15, 0.2) is 35.1 Å². The van der Waals surface area contributed by atoms with Gasteiger partial charge in [0.2, 0.25) is 0 Å². The minimum atomic E-state index is -1.40. The fraction of sp³-hybridized carbons (Fsp3) is 0.